The maximum atomic E-state index is 12.4. The minimum atomic E-state index is -1.85. The third-order valence-corrected chi connectivity index (χ3v) is 5.54. The monoisotopic (exact) mass is 447 g/mol. The van der Waals surface area contributed by atoms with Crippen molar-refractivity contribution in [2.75, 3.05) is 13.7 Å². The van der Waals surface area contributed by atoms with Crippen molar-refractivity contribution in [2.24, 2.45) is 0 Å². The van der Waals surface area contributed by atoms with Crippen LogP contribution in [0.25, 0.3) is 0 Å². The van der Waals surface area contributed by atoms with Gasteiger partial charge in [0.2, 0.25) is 10.1 Å². The first kappa shape index (κ1) is 21.6. The number of aliphatic hydroxyl groups is 1. The summed E-state index contributed by atoms with van der Waals surface area (Å²) in [4.78, 5) is 12.4. The fourth-order valence-electron chi connectivity index (χ4n) is 3.70. The lowest BCUT2D eigenvalue weighted by Gasteiger charge is -2.40. The maximum absolute atomic E-state index is 12.4. The largest absolute Gasteiger partial charge is 0.438 e. The van der Waals surface area contributed by atoms with Crippen LogP contribution < -0.4 is 5.32 Å². The lowest BCUT2D eigenvalue weighted by atomic mass is 9.96. The van der Waals surface area contributed by atoms with Crippen LogP contribution in [0.4, 0.5) is 4.79 Å². The number of carbonyl (C=O) groups excluding carboxylic acids is 1. The predicted molar refractivity (Wildman–Crippen MR) is 96.9 cm³/mol. The highest BCUT2D eigenvalue weighted by molar-refractivity contribution is 6.67. The molecular weight excluding hydrogens is 425 g/mol. The molecule has 6 atom stereocenters. The molecule has 0 aromatic rings. The van der Waals surface area contributed by atoms with Gasteiger partial charge in [-0.2, -0.15) is 0 Å². The number of ether oxygens (including phenoxy) is 5. The van der Waals surface area contributed by atoms with Gasteiger partial charge in [-0.3, -0.25) is 0 Å². The summed E-state index contributed by atoms with van der Waals surface area (Å²) in [6, 6.07) is 0.0763. The summed E-state index contributed by atoms with van der Waals surface area (Å²) in [5.41, 5.74) is 0. The molecule has 0 spiro atoms. The topological polar surface area (TPSA) is 95.5 Å². The second kappa shape index (κ2) is 9.17. The van der Waals surface area contributed by atoms with Crippen molar-refractivity contribution in [3.63, 3.8) is 0 Å². The van der Waals surface area contributed by atoms with Gasteiger partial charge in [-0.05, 0) is 12.8 Å². The zero-order valence-electron chi connectivity index (χ0n) is 14.8. The standard InChI is InChI=1S/C16H24Cl3NO7/c1-23-13-12(27-15(22)20-8-5-3-2-4-6-8)11-10(9(7-21)24-13)25-14(26-11)16(17,18)19/h8-14,21H,2-7H2,1H3,(H,20,22)/t9-,10-,11-,12+,13+,14+/m1/s1. The molecule has 8 nitrogen and oxygen atoms in total. The number of carbonyl (C=O) groups is 1. The van der Waals surface area contributed by atoms with Crippen LogP contribution in [0, 0.1) is 0 Å². The van der Waals surface area contributed by atoms with E-state index in [0.717, 1.165) is 25.7 Å². The average Bonchev–Trinajstić information content (AvgIpc) is 3.08. The van der Waals surface area contributed by atoms with Gasteiger partial charge >= 0.3 is 6.09 Å². The number of aliphatic hydroxyl groups excluding tert-OH is 1. The van der Waals surface area contributed by atoms with Crippen LogP contribution in [0.1, 0.15) is 32.1 Å². The van der Waals surface area contributed by atoms with Gasteiger partial charge in [0, 0.05) is 13.2 Å². The van der Waals surface area contributed by atoms with Gasteiger partial charge in [-0.25, -0.2) is 4.79 Å². The van der Waals surface area contributed by atoms with Crippen molar-refractivity contribution >= 4 is 40.9 Å². The van der Waals surface area contributed by atoms with Crippen LogP contribution >= 0.6 is 34.8 Å². The SMILES string of the molecule is CO[C@H]1O[C@H](CO)[C@H]2O[C@H](C(Cl)(Cl)Cl)O[C@H]2[C@@H]1OC(=O)NC1CCCCC1. The summed E-state index contributed by atoms with van der Waals surface area (Å²) >= 11 is 17.6. The highest BCUT2D eigenvalue weighted by Crippen LogP contribution is 2.43. The Bertz CT molecular complexity index is 515. The van der Waals surface area contributed by atoms with E-state index in [1.807, 2.05) is 0 Å². The zero-order valence-corrected chi connectivity index (χ0v) is 17.1. The zero-order chi connectivity index (χ0) is 19.6. The number of hydrogen-bond acceptors (Lipinski definition) is 7. The van der Waals surface area contributed by atoms with E-state index in [1.165, 1.54) is 13.5 Å². The number of rotatable bonds is 4. The minimum absolute atomic E-state index is 0.0763. The average molecular weight is 449 g/mol. The van der Waals surface area contributed by atoms with Gasteiger partial charge in [0.15, 0.2) is 12.4 Å². The second-order valence-corrected chi connectivity index (χ2v) is 9.25. The number of alkyl halides is 3. The number of alkyl carbamates (subject to hydrolysis) is 1. The number of hydrogen-bond donors (Lipinski definition) is 2. The Morgan fingerprint density at radius 1 is 1.15 bits per heavy atom. The minimum Gasteiger partial charge on any atom is -0.438 e. The van der Waals surface area contributed by atoms with Crippen molar-refractivity contribution in [3.05, 3.63) is 0 Å². The molecule has 2 saturated heterocycles. The van der Waals surface area contributed by atoms with Gasteiger partial charge in [-0.15, -0.1) is 0 Å². The van der Waals surface area contributed by atoms with Gasteiger partial charge in [0.05, 0.1) is 6.61 Å². The smallest absolute Gasteiger partial charge is 0.407 e. The summed E-state index contributed by atoms with van der Waals surface area (Å²) in [7, 11) is 1.40. The molecule has 2 N–H and O–H groups in total. The molecule has 3 fully saturated rings. The van der Waals surface area contributed by atoms with E-state index in [4.69, 9.17) is 58.5 Å². The molecule has 2 aliphatic heterocycles. The van der Waals surface area contributed by atoms with Crippen LogP contribution in [-0.4, -0.2) is 71.7 Å². The highest BCUT2D eigenvalue weighted by Gasteiger charge is 2.58. The van der Waals surface area contributed by atoms with Crippen LogP contribution in [0.2, 0.25) is 0 Å². The van der Waals surface area contributed by atoms with E-state index in [0.29, 0.717) is 0 Å². The highest BCUT2D eigenvalue weighted by atomic mass is 35.6. The van der Waals surface area contributed by atoms with Gasteiger partial charge < -0.3 is 34.1 Å². The molecule has 0 aromatic carbocycles. The Hall–Kier alpha value is -0.0600. The Morgan fingerprint density at radius 2 is 1.81 bits per heavy atom. The third kappa shape index (κ3) is 5.11. The Kier molecular flexibility index (Phi) is 7.35. The van der Waals surface area contributed by atoms with Crippen molar-refractivity contribution < 1.29 is 33.6 Å². The molecule has 3 aliphatic rings. The Morgan fingerprint density at radius 3 is 2.41 bits per heavy atom. The molecule has 2 heterocycles. The van der Waals surface area contributed by atoms with Crippen LogP contribution in [0.15, 0.2) is 0 Å². The van der Waals surface area contributed by atoms with Crippen molar-refractivity contribution in [1.82, 2.24) is 5.32 Å². The third-order valence-electron chi connectivity index (χ3n) is 5.00. The van der Waals surface area contributed by atoms with Crippen LogP contribution in [-0.2, 0) is 23.7 Å². The number of amides is 1. The first-order valence-corrected chi connectivity index (χ1v) is 10.1. The molecule has 0 radical (unpaired) electrons. The second-order valence-electron chi connectivity index (χ2n) is 6.89. The molecule has 0 aromatic heterocycles. The van der Waals surface area contributed by atoms with Gasteiger partial charge in [0.25, 0.3) is 0 Å². The van der Waals surface area contributed by atoms with Crippen LogP contribution in [0.5, 0.6) is 0 Å². The summed E-state index contributed by atoms with van der Waals surface area (Å²) in [6.07, 6.45) is -0.946. The normalized spacial score (nSPS) is 37.7. The van der Waals surface area contributed by atoms with E-state index in [-0.39, 0.29) is 12.6 Å². The molecule has 27 heavy (non-hydrogen) atoms. The molecule has 1 amide bonds. The molecule has 156 valence electrons. The molecule has 1 aliphatic carbocycles. The maximum Gasteiger partial charge on any atom is 0.407 e. The molecule has 1 saturated carbocycles. The van der Waals surface area contributed by atoms with E-state index >= 15 is 0 Å². The van der Waals surface area contributed by atoms with Crippen molar-refractivity contribution in [1.29, 1.82) is 0 Å². The van der Waals surface area contributed by atoms with Gasteiger partial charge in [0.1, 0.15) is 18.3 Å². The van der Waals surface area contributed by atoms with E-state index in [2.05, 4.69) is 5.32 Å². The molecular formula is C16H24Cl3NO7. The fraction of sp³-hybridized carbons (Fsp3) is 0.938. The first-order valence-electron chi connectivity index (χ1n) is 8.97. The first-order chi connectivity index (χ1) is 12.8. The summed E-state index contributed by atoms with van der Waals surface area (Å²) in [5.74, 6) is 0. The predicted octanol–water partition coefficient (Wildman–Crippen LogP) is 2.26. The molecule has 3 rings (SSSR count). The van der Waals surface area contributed by atoms with Crippen molar-refractivity contribution in [3.8, 4) is 0 Å². The lowest BCUT2D eigenvalue weighted by molar-refractivity contribution is -0.273. The Labute approximate surface area is 172 Å². The number of halogens is 3. The quantitative estimate of drug-likeness (QED) is 0.637. The summed E-state index contributed by atoms with van der Waals surface area (Å²) in [6.45, 7) is -0.363. The molecule has 0 unspecified atom stereocenters. The van der Waals surface area contributed by atoms with E-state index in [1.54, 1.807) is 0 Å². The molecule has 0 bridgehead atoms. The van der Waals surface area contributed by atoms with Crippen LogP contribution in [0.3, 0.4) is 0 Å². The number of nitrogens with one attached hydrogen (secondary N) is 1. The molecule has 11 heteroatoms. The Balaban J connectivity index is 1.70. The number of methoxy groups -OCH3 is 1. The van der Waals surface area contributed by atoms with E-state index in [9.17, 15) is 9.90 Å². The fourth-order valence-corrected chi connectivity index (χ4v) is 4.01. The van der Waals surface area contributed by atoms with Gasteiger partial charge in [-0.1, -0.05) is 54.1 Å². The van der Waals surface area contributed by atoms with Crippen molar-refractivity contribution in [2.45, 2.75) is 78.9 Å². The number of fused-ring (bicyclic) bond motifs is 1. The van der Waals surface area contributed by atoms with E-state index < -0.39 is 46.9 Å². The lowest BCUT2D eigenvalue weighted by Crippen LogP contribution is -2.59. The summed E-state index contributed by atoms with van der Waals surface area (Å²) in [5, 5.41) is 12.5. The summed E-state index contributed by atoms with van der Waals surface area (Å²) < 4.78 is 26.0.